The van der Waals surface area contributed by atoms with E-state index >= 15 is 0 Å². The van der Waals surface area contributed by atoms with E-state index < -0.39 is 0 Å². The molecule has 0 aliphatic rings. The maximum Gasteiger partial charge on any atom is 0.340 e. The fourth-order valence-corrected chi connectivity index (χ4v) is 3.86. The van der Waals surface area contributed by atoms with Gasteiger partial charge in [0.2, 0.25) is 0 Å². The number of fused-ring (bicyclic) bond motifs is 1. The number of thioether (sulfide) groups is 1. The molecule has 134 valence electrons. The van der Waals surface area contributed by atoms with Gasteiger partial charge in [-0.25, -0.2) is 14.8 Å². The summed E-state index contributed by atoms with van der Waals surface area (Å²) in [5.74, 6) is 0.949. The van der Waals surface area contributed by atoms with Crippen LogP contribution in [0.25, 0.3) is 10.9 Å². The molecule has 0 unspecified atom stereocenters. The zero-order chi connectivity index (χ0) is 18.7. The standard InChI is InChI=1S/C20H21N3O2S/c1-5-25-20(24)19-13(3)15-8-6-7-9-16(15)23-17(19)11-26-18-10-12(2)21-14(4)22-18/h6-10H,5,11H2,1-4H3. The van der Waals surface area contributed by atoms with Gasteiger partial charge < -0.3 is 4.74 Å². The number of para-hydroxylation sites is 1. The molecule has 0 amide bonds. The Hall–Kier alpha value is -2.47. The van der Waals surface area contributed by atoms with Gasteiger partial charge in [-0.1, -0.05) is 30.0 Å². The molecular formula is C20H21N3O2S. The molecule has 6 heteroatoms. The summed E-state index contributed by atoms with van der Waals surface area (Å²) in [6, 6.07) is 9.79. The number of hydrogen-bond acceptors (Lipinski definition) is 6. The van der Waals surface area contributed by atoms with E-state index in [0.29, 0.717) is 17.9 Å². The molecule has 26 heavy (non-hydrogen) atoms. The van der Waals surface area contributed by atoms with E-state index in [1.807, 2.05) is 58.0 Å². The normalized spacial score (nSPS) is 10.9. The summed E-state index contributed by atoms with van der Waals surface area (Å²) in [4.78, 5) is 26.0. The molecule has 0 fully saturated rings. The van der Waals surface area contributed by atoms with Crippen LogP contribution >= 0.6 is 11.8 Å². The van der Waals surface area contributed by atoms with Crippen molar-refractivity contribution < 1.29 is 9.53 Å². The van der Waals surface area contributed by atoms with Crippen molar-refractivity contribution in [2.45, 2.75) is 38.5 Å². The van der Waals surface area contributed by atoms with E-state index in [1.165, 1.54) is 0 Å². The molecule has 0 aliphatic carbocycles. The van der Waals surface area contributed by atoms with E-state index in [9.17, 15) is 4.79 Å². The summed E-state index contributed by atoms with van der Waals surface area (Å²) >= 11 is 1.55. The third kappa shape index (κ3) is 3.85. The lowest BCUT2D eigenvalue weighted by Crippen LogP contribution is -2.12. The number of rotatable bonds is 5. The maximum absolute atomic E-state index is 12.6. The summed E-state index contributed by atoms with van der Waals surface area (Å²) in [5.41, 5.74) is 3.98. The second kappa shape index (κ2) is 7.83. The minimum Gasteiger partial charge on any atom is -0.462 e. The van der Waals surface area contributed by atoms with E-state index in [2.05, 4.69) is 9.97 Å². The first kappa shape index (κ1) is 18.3. The Morgan fingerprint density at radius 2 is 1.88 bits per heavy atom. The van der Waals surface area contributed by atoms with Gasteiger partial charge in [0, 0.05) is 16.8 Å². The lowest BCUT2D eigenvalue weighted by molar-refractivity contribution is 0.0524. The number of nitrogens with zero attached hydrogens (tertiary/aromatic N) is 3. The van der Waals surface area contributed by atoms with Crippen LogP contribution in [0, 0.1) is 20.8 Å². The number of aryl methyl sites for hydroxylation is 3. The zero-order valence-electron chi connectivity index (χ0n) is 15.4. The summed E-state index contributed by atoms with van der Waals surface area (Å²) in [6.45, 7) is 7.91. The molecule has 0 radical (unpaired) electrons. The first-order valence-electron chi connectivity index (χ1n) is 8.50. The van der Waals surface area contributed by atoms with Crippen LogP contribution < -0.4 is 0 Å². The van der Waals surface area contributed by atoms with Crippen molar-refractivity contribution in [3.63, 3.8) is 0 Å². The summed E-state index contributed by atoms with van der Waals surface area (Å²) in [7, 11) is 0. The number of aromatic nitrogens is 3. The molecule has 0 aliphatic heterocycles. The van der Waals surface area contributed by atoms with Crippen LogP contribution in [0.2, 0.25) is 0 Å². The van der Waals surface area contributed by atoms with Crippen molar-refractivity contribution in [2.75, 3.05) is 6.61 Å². The fraction of sp³-hybridized carbons (Fsp3) is 0.300. The number of benzene rings is 1. The van der Waals surface area contributed by atoms with Crippen LogP contribution in [0.4, 0.5) is 0 Å². The molecule has 3 aromatic rings. The van der Waals surface area contributed by atoms with Crippen LogP contribution in [-0.2, 0) is 10.5 Å². The molecule has 0 saturated heterocycles. The Kier molecular flexibility index (Phi) is 5.52. The van der Waals surface area contributed by atoms with Gasteiger partial charge in [-0.3, -0.25) is 4.98 Å². The Balaban J connectivity index is 2.02. The Bertz CT molecular complexity index is 952. The number of hydrogen-bond donors (Lipinski definition) is 0. The second-order valence-electron chi connectivity index (χ2n) is 5.98. The molecule has 0 spiro atoms. The van der Waals surface area contributed by atoms with Gasteiger partial charge in [-0.15, -0.1) is 0 Å². The van der Waals surface area contributed by atoms with Crippen LogP contribution in [0.15, 0.2) is 35.4 Å². The monoisotopic (exact) mass is 367 g/mol. The lowest BCUT2D eigenvalue weighted by atomic mass is 10.0. The minimum absolute atomic E-state index is 0.325. The SMILES string of the molecule is CCOC(=O)c1c(CSc2cc(C)nc(C)n2)nc2ccccc2c1C. The fourth-order valence-electron chi connectivity index (χ4n) is 2.92. The van der Waals surface area contributed by atoms with Gasteiger partial charge in [0.1, 0.15) is 10.9 Å². The predicted molar refractivity (Wildman–Crippen MR) is 104 cm³/mol. The first-order chi connectivity index (χ1) is 12.5. The van der Waals surface area contributed by atoms with Crippen molar-refractivity contribution in [1.82, 2.24) is 15.0 Å². The number of ether oxygens (including phenoxy) is 1. The van der Waals surface area contributed by atoms with Gasteiger partial charge in [0.15, 0.2) is 0 Å². The smallest absolute Gasteiger partial charge is 0.340 e. The minimum atomic E-state index is -0.325. The van der Waals surface area contributed by atoms with E-state index in [0.717, 1.165) is 38.7 Å². The molecule has 1 aromatic carbocycles. The van der Waals surface area contributed by atoms with Crippen molar-refractivity contribution in [3.05, 3.63) is 58.7 Å². The molecule has 0 bridgehead atoms. The quantitative estimate of drug-likeness (QED) is 0.378. The van der Waals surface area contributed by atoms with Crippen LogP contribution in [0.5, 0.6) is 0 Å². The van der Waals surface area contributed by atoms with Gasteiger partial charge in [-0.05, 0) is 45.4 Å². The Morgan fingerprint density at radius 3 is 2.62 bits per heavy atom. The highest BCUT2D eigenvalue weighted by Crippen LogP contribution is 2.28. The summed E-state index contributed by atoms with van der Waals surface area (Å²) in [6.07, 6.45) is 0. The maximum atomic E-state index is 12.6. The van der Waals surface area contributed by atoms with Crippen molar-refractivity contribution in [2.24, 2.45) is 0 Å². The highest BCUT2D eigenvalue weighted by atomic mass is 32.2. The third-order valence-corrected chi connectivity index (χ3v) is 4.93. The summed E-state index contributed by atoms with van der Waals surface area (Å²) in [5, 5.41) is 1.84. The van der Waals surface area contributed by atoms with Gasteiger partial charge in [0.05, 0.1) is 23.4 Å². The van der Waals surface area contributed by atoms with E-state index in [4.69, 9.17) is 9.72 Å². The molecular weight excluding hydrogens is 346 g/mol. The van der Waals surface area contributed by atoms with Crippen molar-refractivity contribution in [3.8, 4) is 0 Å². The largest absolute Gasteiger partial charge is 0.462 e. The van der Waals surface area contributed by atoms with Crippen LogP contribution in [-0.4, -0.2) is 27.5 Å². The average molecular weight is 367 g/mol. The zero-order valence-corrected chi connectivity index (χ0v) is 16.2. The molecule has 0 saturated carbocycles. The number of carbonyl (C=O) groups is 1. The van der Waals surface area contributed by atoms with Gasteiger partial charge in [-0.2, -0.15) is 0 Å². The molecule has 3 rings (SSSR count). The van der Waals surface area contributed by atoms with Crippen molar-refractivity contribution >= 4 is 28.6 Å². The number of esters is 1. The molecule has 5 nitrogen and oxygen atoms in total. The second-order valence-corrected chi connectivity index (χ2v) is 6.98. The molecule has 0 N–H and O–H groups in total. The third-order valence-electron chi connectivity index (χ3n) is 4.01. The summed E-state index contributed by atoms with van der Waals surface area (Å²) < 4.78 is 5.27. The molecule has 2 heterocycles. The average Bonchev–Trinajstić information content (AvgIpc) is 2.59. The Morgan fingerprint density at radius 1 is 1.12 bits per heavy atom. The van der Waals surface area contributed by atoms with Crippen molar-refractivity contribution in [1.29, 1.82) is 0 Å². The Labute approximate surface area is 157 Å². The molecule has 0 atom stereocenters. The number of carbonyl (C=O) groups excluding carboxylic acids is 1. The van der Waals surface area contributed by atoms with E-state index in [-0.39, 0.29) is 5.97 Å². The lowest BCUT2D eigenvalue weighted by Gasteiger charge is -2.13. The first-order valence-corrected chi connectivity index (χ1v) is 9.48. The number of pyridine rings is 1. The van der Waals surface area contributed by atoms with Crippen LogP contribution in [0.3, 0.4) is 0 Å². The highest BCUT2D eigenvalue weighted by Gasteiger charge is 2.20. The van der Waals surface area contributed by atoms with E-state index in [1.54, 1.807) is 11.8 Å². The highest BCUT2D eigenvalue weighted by molar-refractivity contribution is 7.98. The van der Waals surface area contributed by atoms with Gasteiger partial charge >= 0.3 is 5.97 Å². The molecule has 2 aromatic heterocycles. The topological polar surface area (TPSA) is 65.0 Å². The van der Waals surface area contributed by atoms with Gasteiger partial charge in [0.25, 0.3) is 0 Å². The van der Waals surface area contributed by atoms with Crippen LogP contribution in [0.1, 0.15) is 40.1 Å². The predicted octanol–water partition coefficient (Wildman–Crippen LogP) is 4.42.